The molecule has 0 radical (unpaired) electrons. The smallest absolute Gasteiger partial charge is 0.0462 e. The van der Waals surface area contributed by atoms with Crippen LogP contribution in [0.2, 0.25) is 0 Å². The third-order valence-electron chi connectivity index (χ3n) is 7.32. The van der Waals surface area contributed by atoms with Crippen LogP contribution in [0.1, 0.15) is 110 Å². The van der Waals surface area contributed by atoms with Crippen LogP contribution in [0, 0.1) is 23.7 Å². The van der Waals surface area contributed by atoms with Crippen molar-refractivity contribution in [2.45, 2.75) is 110 Å². The maximum atomic E-state index is 10.0. The molecule has 2 bridgehead atoms. The minimum atomic E-state index is 0.390. The van der Waals surface area contributed by atoms with Gasteiger partial charge >= 0.3 is 0 Å². The Labute approximate surface area is 157 Å². The predicted octanol–water partition coefficient (Wildman–Crippen LogP) is 7.29. The first kappa shape index (κ1) is 21.0. The molecule has 3 aliphatic carbocycles. The van der Waals surface area contributed by atoms with Gasteiger partial charge in [-0.15, -0.1) is 0 Å². The Bertz CT molecular complexity index is 372. The minimum absolute atomic E-state index is 0.390. The molecule has 146 valence electrons. The number of hydrogen-bond donors (Lipinski definition) is 1. The second-order valence-electron chi connectivity index (χ2n) is 9.14. The fourth-order valence-corrected chi connectivity index (χ4v) is 5.22. The summed E-state index contributed by atoms with van der Waals surface area (Å²) in [6, 6.07) is 0. The molecule has 25 heavy (non-hydrogen) atoms. The van der Waals surface area contributed by atoms with Gasteiger partial charge in [0, 0.05) is 6.61 Å². The van der Waals surface area contributed by atoms with Crippen molar-refractivity contribution in [3.63, 3.8) is 0 Å². The van der Waals surface area contributed by atoms with Crippen LogP contribution in [-0.4, -0.2) is 11.7 Å². The van der Waals surface area contributed by atoms with Crippen LogP contribution in [0.3, 0.4) is 0 Å². The molecule has 0 aromatic rings. The van der Waals surface area contributed by atoms with Gasteiger partial charge in [-0.25, -0.2) is 0 Å². The Morgan fingerprint density at radius 2 is 1.36 bits per heavy atom. The van der Waals surface area contributed by atoms with E-state index >= 15 is 0 Å². The summed E-state index contributed by atoms with van der Waals surface area (Å²) in [7, 11) is 0. The molecule has 0 spiro atoms. The van der Waals surface area contributed by atoms with Gasteiger partial charge in [-0.1, -0.05) is 89.2 Å². The van der Waals surface area contributed by atoms with Gasteiger partial charge in [0.25, 0.3) is 0 Å². The van der Waals surface area contributed by atoms with Crippen molar-refractivity contribution in [2.75, 3.05) is 6.61 Å². The van der Waals surface area contributed by atoms with E-state index in [1.54, 1.807) is 5.57 Å². The van der Waals surface area contributed by atoms with E-state index in [1.165, 1.54) is 96.3 Å². The topological polar surface area (TPSA) is 20.2 Å². The summed E-state index contributed by atoms with van der Waals surface area (Å²) < 4.78 is 0. The quantitative estimate of drug-likeness (QED) is 0.493. The molecule has 1 nitrogen and oxygen atoms in total. The maximum absolute atomic E-state index is 10.0. The van der Waals surface area contributed by atoms with Crippen LogP contribution < -0.4 is 0 Å². The predicted molar refractivity (Wildman–Crippen MR) is 110 cm³/mol. The van der Waals surface area contributed by atoms with Gasteiger partial charge in [-0.3, -0.25) is 0 Å². The van der Waals surface area contributed by atoms with Crippen LogP contribution in [0.25, 0.3) is 0 Å². The van der Waals surface area contributed by atoms with Crippen LogP contribution >= 0.6 is 0 Å². The Balaban J connectivity index is 2.01. The molecule has 4 atom stereocenters. The summed E-state index contributed by atoms with van der Waals surface area (Å²) in [6.45, 7) is 5.18. The molecule has 1 saturated carbocycles. The lowest BCUT2D eigenvalue weighted by Gasteiger charge is -2.35. The van der Waals surface area contributed by atoms with E-state index in [4.69, 9.17) is 0 Å². The average Bonchev–Trinajstić information content (AvgIpc) is 2.61. The summed E-state index contributed by atoms with van der Waals surface area (Å²) in [5.41, 5.74) is 1.62. The van der Waals surface area contributed by atoms with Crippen molar-refractivity contribution in [2.24, 2.45) is 23.7 Å². The molecule has 0 aliphatic heterocycles. The fourth-order valence-electron chi connectivity index (χ4n) is 5.22. The van der Waals surface area contributed by atoms with Gasteiger partial charge in [0.1, 0.15) is 0 Å². The highest BCUT2D eigenvalue weighted by Gasteiger charge is 2.29. The molecule has 4 unspecified atom stereocenters. The summed E-state index contributed by atoms with van der Waals surface area (Å²) in [5.74, 6) is 2.69. The van der Waals surface area contributed by atoms with Crippen molar-refractivity contribution >= 4 is 0 Å². The van der Waals surface area contributed by atoms with E-state index in [0.717, 1.165) is 11.8 Å². The number of aliphatic hydroxyl groups is 1. The molecule has 1 N–H and O–H groups in total. The summed E-state index contributed by atoms with van der Waals surface area (Å²) in [5, 5.41) is 10.0. The van der Waals surface area contributed by atoms with Gasteiger partial charge in [-0.05, 0) is 56.3 Å². The van der Waals surface area contributed by atoms with Crippen molar-refractivity contribution in [3.05, 3.63) is 11.6 Å². The van der Waals surface area contributed by atoms with Crippen molar-refractivity contribution in [1.29, 1.82) is 0 Å². The molecule has 0 aromatic carbocycles. The Hall–Kier alpha value is -0.300. The zero-order valence-electron chi connectivity index (χ0n) is 17.1. The van der Waals surface area contributed by atoms with Gasteiger partial charge < -0.3 is 5.11 Å². The lowest BCUT2D eigenvalue weighted by molar-refractivity contribution is 0.116. The third-order valence-corrected chi connectivity index (χ3v) is 7.32. The normalized spacial score (nSPS) is 34.6. The molecule has 0 saturated heterocycles. The lowest BCUT2D eigenvalue weighted by atomic mass is 9.71. The minimum Gasteiger partial charge on any atom is -0.396 e. The number of rotatable bonds is 1. The zero-order chi connectivity index (χ0) is 17.9. The van der Waals surface area contributed by atoms with Crippen LogP contribution in [0.15, 0.2) is 11.6 Å². The molecule has 0 amide bonds. The molecule has 0 aromatic heterocycles. The highest BCUT2D eigenvalue weighted by Crippen LogP contribution is 2.38. The van der Waals surface area contributed by atoms with Gasteiger partial charge in [0.05, 0.1) is 0 Å². The van der Waals surface area contributed by atoms with Crippen LogP contribution in [-0.2, 0) is 0 Å². The second-order valence-corrected chi connectivity index (χ2v) is 9.14. The molecule has 0 heterocycles. The van der Waals surface area contributed by atoms with E-state index in [1.807, 2.05) is 0 Å². The van der Waals surface area contributed by atoms with E-state index in [9.17, 15) is 5.11 Å². The summed E-state index contributed by atoms with van der Waals surface area (Å²) in [4.78, 5) is 0. The molecule has 3 aliphatic rings. The first-order valence-electron chi connectivity index (χ1n) is 11.5. The Morgan fingerprint density at radius 3 is 1.92 bits per heavy atom. The van der Waals surface area contributed by atoms with Crippen LogP contribution in [0.5, 0.6) is 0 Å². The van der Waals surface area contributed by atoms with Crippen molar-refractivity contribution in [1.82, 2.24) is 0 Å². The SMILES string of the molecule is CC1=CCC2CCCCCCCCCCCCCC1CC(CO)C2C. The summed E-state index contributed by atoms with van der Waals surface area (Å²) >= 11 is 0. The first-order chi connectivity index (χ1) is 12.2. The number of hydrogen-bond acceptors (Lipinski definition) is 1. The first-order valence-corrected chi connectivity index (χ1v) is 11.5. The van der Waals surface area contributed by atoms with Gasteiger partial charge in [-0.2, -0.15) is 0 Å². The molecular weight excluding hydrogens is 304 g/mol. The Morgan fingerprint density at radius 1 is 0.840 bits per heavy atom. The maximum Gasteiger partial charge on any atom is 0.0462 e. The average molecular weight is 349 g/mol. The highest BCUT2D eigenvalue weighted by atomic mass is 16.3. The second kappa shape index (κ2) is 12.2. The van der Waals surface area contributed by atoms with Crippen molar-refractivity contribution < 1.29 is 5.11 Å². The number of fused-ring (bicyclic) bond motifs is 15. The van der Waals surface area contributed by atoms with E-state index in [-0.39, 0.29) is 0 Å². The van der Waals surface area contributed by atoms with Crippen molar-refractivity contribution in [3.8, 4) is 0 Å². The molecule has 1 heteroatoms. The van der Waals surface area contributed by atoms with E-state index < -0.39 is 0 Å². The monoisotopic (exact) mass is 348 g/mol. The van der Waals surface area contributed by atoms with E-state index in [0.29, 0.717) is 18.4 Å². The Kier molecular flexibility index (Phi) is 10.2. The van der Waals surface area contributed by atoms with Crippen LogP contribution in [0.4, 0.5) is 0 Å². The van der Waals surface area contributed by atoms with E-state index in [2.05, 4.69) is 19.9 Å². The number of aliphatic hydroxyl groups excluding tert-OH is 1. The highest BCUT2D eigenvalue weighted by molar-refractivity contribution is 5.06. The molecule has 3 rings (SSSR count). The summed E-state index contributed by atoms with van der Waals surface area (Å²) in [6.07, 6.45) is 23.5. The zero-order valence-corrected chi connectivity index (χ0v) is 17.1. The third kappa shape index (κ3) is 7.45. The lowest BCUT2D eigenvalue weighted by Crippen LogP contribution is -2.28. The largest absolute Gasteiger partial charge is 0.396 e. The number of allylic oxidation sites excluding steroid dienone is 2. The fraction of sp³-hybridized carbons (Fsp3) is 0.917. The molecule has 1 fully saturated rings. The molecular formula is C24H44O. The van der Waals surface area contributed by atoms with Gasteiger partial charge in [0.2, 0.25) is 0 Å². The standard InChI is InChI=1S/C24H44O/c1-20-16-17-22-14-12-10-8-6-4-3-5-7-9-11-13-15-23(20)18-24(19-25)21(22)2/h16,21-25H,3-15,17-19H2,1-2H3. The van der Waals surface area contributed by atoms with Gasteiger partial charge in [0.15, 0.2) is 0 Å².